The Bertz CT molecular complexity index is 327. The molecule has 0 saturated carbocycles. The van der Waals surface area contributed by atoms with Gasteiger partial charge in [0.2, 0.25) is 0 Å². The fraction of sp³-hybridized carbons (Fsp3) is 0.867. The minimum atomic E-state index is -0.866. The zero-order valence-electron chi connectivity index (χ0n) is 13.7. The van der Waals surface area contributed by atoms with E-state index >= 15 is 0 Å². The molecule has 0 aliphatic rings. The number of amides is 2. The Morgan fingerprint density at radius 1 is 1.00 bits per heavy atom. The van der Waals surface area contributed by atoms with Gasteiger partial charge in [-0.15, -0.1) is 0 Å². The van der Waals surface area contributed by atoms with E-state index in [9.17, 15) is 9.59 Å². The van der Waals surface area contributed by atoms with E-state index in [0.29, 0.717) is 13.0 Å². The van der Waals surface area contributed by atoms with Crippen LogP contribution in [0.4, 0.5) is 4.79 Å². The van der Waals surface area contributed by atoms with Gasteiger partial charge in [-0.2, -0.15) is 0 Å². The van der Waals surface area contributed by atoms with Gasteiger partial charge in [-0.05, 0) is 23.7 Å². The quantitative estimate of drug-likeness (QED) is 0.702. The minimum Gasteiger partial charge on any atom is -0.481 e. The third-order valence-electron chi connectivity index (χ3n) is 2.88. The second-order valence-electron chi connectivity index (χ2n) is 7.75. The molecule has 0 aromatic carbocycles. The molecule has 0 fully saturated rings. The van der Waals surface area contributed by atoms with Crippen LogP contribution in [0.3, 0.4) is 0 Å². The molecule has 2 amide bonds. The second-order valence-corrected chi connectivity index (χ2v) is 7.75. The molecule has 20 heavy (non-hydrogen) atoms. The van der Waals surface area contributed by atoms with E-state index in [1.165, 1.54) is 0 Å². The standard InChI is InChI=1S/C15H30N2O3/c1-14(2,3)7-8-16-13(20)17-10-11(12(18)19)9-15(4,5)6/h11H,7-10H2,1-6H3,(H,18,19)(H2,16,17,20). The first-order valence-corrected chi connectivity index (χ1v) is 7.15. The normalized spacial score (nSPS) is 13.7. The van der Waals surface area contributed by atoms with Gasteiger partial charge in [0.1, 0.15) is 0 Å². The van der Waals surface area contributed by atoms with Gasteiger partial charge < -0.3 is 15.7 Å². The monoisotopic (exact) mass is 286 g/mol. The summed E-state index contributed by atoms with van der Waals surface area (Å²) in [6.45, 7) is 13.1. The van der Waals surface area contributed by atoms with Gasteiger partial charge >= 0.3 is 12.0 Å². The summed E-state index contributed by atoms with van der Waals surface area (Å²) in [6, 6.07) is -0.297. The Morgan fingerprint density at radius 3 is 1.95 bits per heavy atom. The molecular weight excluding hydrogens is 256 g/mol. The first-order valence-electron chi connectivity index (χ1n) is 7.15. The zero-order chi connectivity index (χ0) is 16.0. The van der Waals surface area contributed by atoms with E-state index in [1.807, 2.05) is 20.8 Å². The zero-order valence-corrected chi connectivity index (χ0v) is 13.7. The van der Waals surface area contributed by atoms with Crippen LogP contribution >= 0.6 is 0 Å². The smallest absolute Gasteiger partial charge is 0.314 e. The maximum atomic E-state index is 11.6. The first kappa shape index (κ1) is 18.7. The van der Waals surface area contributed by atoms with Gasteiger partial charge in [-0.3, -0.25) is 4.79 Å². The Balaban J connectivity index is 4.10. The molecule has 0 aromatic heterocycles. The number of carbonyl (C=O) groups is 2. The van der Waals surface area contributed by atoms with Gasteiger partial charge in [-0.25, -0.2) is 4.79 Å². The summed E-state index contributed by atoms with van der Waals surface area (Å²) >= 11 is 0. The van der Waals surface area contributed by atoms with E-state index < -0.39 is 11.9 Å². The second kappa shape index (κ2) is 7.50. The van der Waals surface area contributed by atoms with Crippen molar-refractivity contribution in [1.29, 1.82) is 0 Å². The lowest BCUT2D eigenvalue weighted by molar-refractivity contribution is -0.142. The van der Waals surface area contributed by atoms with E-state index in [-0.39, 0.29) is 23.4 Å². The molecule has 0 aromatic rings. The molecule has 5 heteroatoms. The van der Waals surface area contributed by atoms with Crippen LogP contribution in [-0.4, -0.2) is 30.2 Å². The topological polar surface area (TPSA) is 78.4 Å². The number of urea groups is 1. The molecule has 0 spiro atoms. The van der Waals surface area contributed by atoms with E-state index in [2.05, 4.69) is 31.4 Å². The highest BCUT2D eigenvalue weighted by Crippen LogP contribution is 2.24. The fourth-order valence-electron chi connectivity index (χ4n) is 1.82. The highest BCUT2D eigenvalue weighted by molar-refractivity contribution is 5.75. The summed E-state index contributed by atoms with van der Waals surface area (Å²) in [5.74, 6) is -1.42. The number of carboxylic acids is 1. The molecule has 5 nitrogen and oxygen atoms in total. The van der Waals surface area contributed by atoms with Crippen molar-refractivity contribution in [3.8, 4) is 0 Å². The van der Waals surface area contributed by atoms with Gasteiger partial charge in [-0.1, -0.05) is 41.5 Å². The van der Waals surface area contributed by atoms with Crippen molar-refractivity contribution in [2.75, 3.05) is 13.1 Å². The third-order valence-corrected chi connectivity index (χ3v) is 2.88. The molecule has 1 unspecified atom stereocenters. The van der Waals surface area contributed by atoms with Crippen molar-refractivity contribution in [3.63, 3.8) is 0 Å². The van der Waals surface area contributed by atoms with Gasteiger partial charge in [0.25, 0.3) is 0 Å². The molecule has 0 saturated heterocycles. The third kappa shape index (κ3) is 10.6. The predicted octanol–water partition coefficient (Wildman–Crippen LogP) is 2.86. The molecule has 118 valence electrons. The lowest BCUT2D eigenvalue weighted by atomic mass is 9.84. The SMILES string of the molecule is CC(C)(C)CCNC(=O)NCC(CC(C)(C)C)C(=O)O. The molecule has 1 atom stereocenters. The Kier molecular flexibility index (Phi) is 7.03. The number of hydrogen-bond acceptors (Lipinski definition) is 2. The summed E-state index contributed by atoms with van der Waals surface area (Å²) < 4.78 is 0. The summed E-state index contributed by atoms with van der Waals surface area (Å²) in [7, 11) is 0. The number of aliphatic carboxylic acids is 1. The molecular formula is C15H30N2O3. The fourth-order valence-corrected chi connectivity index (χ4v) is 1.82. The summed E-state index contributed by atoms with van der Waals surface area (Å²) in [6.07, 6.45) is 1.41. The number of carboxylic acid groups (broad SMARTS) is 1. The Morgan fingerprint density at radius 2 is 1.55 bits per heavy atom. The highest BCUT2D eigenvalue weighted by atomic mass is 16.4. The molecule has 0 radical (unpaired) electrons. The summed E-state index contributed by atoms with van der Waals surface area (Å²) in [4.78, 5) is 22.8. The summed E-state index contributed by atoms with van der Waals surface area (Å²) in [5.41, 5.74) is 0.0938. The lowest BCUT2D eigenvalue weighted by Gasteiger charge is -2.23. The van der Waals surface area contributed by atoms with Gasteiger partial charge in [0.05, 0.1) is 5.92 Å². The average Bonchev–Trinajstić information content (AvgIpc) is 2.20. The van der Waals surface area contributed by atoms with Crippen molar-refractivity contribution >= 4 is 12.0 Å². The minimum absolute atomic E-state index is 0.0759. The number of nitrogens with one attached hydrogen (secondary N) is 2. The van der Waals surface area contributed by atoms with Crippen molar-refractivity contribution in [2.24, 2.45) is 16.7 Å². The Labute approximate surface area is 122 Å². The van der Waals surface area contributed by atoms with Crippen molar-refractivity contribution < 1.29 is 14.7 Å². The molecule has 3 N–H and O–H groups in total. The molecule has 0 heterocycles. The lowest BCUT2D eigenvalue weighted by Crippen LogP contribution is -2.41. The predicted molar refractivity (Wildman–Crippen MR) is 80.7 cm³/mol. The average molecular weight is 286 g/mol. The number of carbonyl (C=O) groups excluding carboxylic acids is 1. The van der Waals surface area contributed by atoms with E-state index in [0.717, 1.165) is 6.42 Å². The highest BCUT2D eigenvalue weighted by Gasteiger charge is 2.24. The van der Waals surface area contributed by atoms with Gasteiger partial charge in [0, 0.05) is 13.1 Å². The van der Waals surface area contributed by atoms with Gasteiger partial charge in [0.15, 0.2) is 0 Å². The van der Waals surface area contributed by atoms with Crippen LogP contribution in [0.2, 0.25) is 0 Å². The van der Waals surface area contributed by atoms with Crippen LogP contribution in [0.1, 0.15) is 54.4 Å². The van der Waals surface area contributed by atoms with Crippen LogP contribution < -0.4 is 10.6 Å². The van der Waals surface area contributed by atoms with Crippen LogP contribution in [0.15, 0.2) is 0 Å². The number of hydrogen-bond donors (Lipinski definition) is 3. The van der Waals surface area contributed by atoms with Crippen LogP contribution in [0.25, 0.3) is 0 Å². The maximum Gasteiger partial charge on any atom is 0.314 e. The van der Waals surface area contributed by atoms with E-state index in [4.69, 9.17) is 5.11 Å². The van der Waals surface area contributed by atoms with Crippen LogP contribution in [0.5, 0.6) is 0 Å². The maximum absolute atomic E-state index is 11.6. The summed E-state index contributed by atoms with van der Waals surface area (Å²) in [5, 5.41) is 14.6. The first-order chi connectivity index (χ1) is 8.91. The van der Waals surface area contributed by atoms with Crippen LogP contribution in [0, 0.1) is 16.7 Å². The molecule has 0 aliphatic heterocycles. The van der Waals surface area contributed by atoms with Crippen molar-refractivity contribution in [2.45, 2.75) is 54.4 Å². The molecule has 0 aliphatic carbocycles. The molecule has 0 rings (SSSR count). The largest absolute Gasteiger partial charge is 0.481 e. The van der Waals surface area contributed by atoms with E-state index in [1.54, 1.807) is 0 Å². The molecule has 0 bridgehead atoms. The van der Waals surface area contributed by atoms with Crippen LogP contribution in [-0.2, 0) is 4.79 Å². The Hall–Kier alpha value is -1.26. The van der Waals surface area contributed by atoms with Crippen molar-refractivity contribution in [1.82, 2.24) is 10.6 Å². The van der Waals surface area contributed by atoms with Crippen molar-refractivity contribution in [3.05, 3.63) is 0 Å². The number of rotatable bonds is 6.